The highest BCUT2D eigenvalue weighted by Gasteiger charge is 2.18. The zero-order chi connectivity index (χ0) is 16.5. The van der Waals surface area contributed by atoms with E-state index >= 15 is 0 Å². The molecule has 0 unspecified atom stereocenters. The first-order valence-corrected chi connectivity index (χ1v) is 10.8. The Labute approximate surface area is 141 Å². The molecule has 0 spiro atoms. The van der Waals surface area contributed by atoms with Gasteiger partial charge in [-0.05, 0) is 56.3 Å². The van der Waals surface area contributed by atoms with Crippen LogP contribution in [-0.4, -0.2) is 16.7 Å². The van der Waals surface area contributed by atoms with Crippen molar-refractivity contribution in [1.29, 1.82) is 0 Å². The van der Waals surface area contributed by atoms with Crippen molar-refractivity contribution in [3.63, 3.8) is 0 Å². The van der Waals surface area contributed by atoms with Gasteiger partial charge in [0, 0.05) is 10.3 Å². The number of benzene rings is 5. The van der Waals surface area contributed by atoms with Crippen molar-refractivity contribution >= 4 is 53.0 Å². The lowest BCUT2D eigenvalue weighted by molar-refractivity contribution is 0.679. The lowest BCUT2D eigenvalue weighted by Crippen LogP contribution is -2.07. The maximum absolute atomic E-state index is 13.0. The summed E-state index contributed by atoms with van der Waals surface area (Å²) in [5.74, 6) is 0. The fraction of sp³-hybridized carbons (Fsp3) is 0.0909. The van der Waals surface area contributed by atoms with Crippen LogP contribution in [0.15, 0.2) is 71.6 Å². The normalized spacial score (nSPS) is 13.4. The number of hydrogen-bond donors (Lipinski definition) is 1. The van der Waals surface area contributed by atoms with Crippen LogP contribution in [0, 0.1) is 0 Å². The van der Waals surface area contributed by atoms with Gasteiger partial charge in [0.05, 0.1) is 0 Å². The van der Waals surface area contributed by atoms with E-state index in [9.17, 15) is 4.21 Å². The Balaban J connectivity index is 2.26. The minimum absolute atomic E-state index is 0.990. The van der Waals surface area contributed by atoms with Gasteiger partial charge in [0.1, 0.15) is 0 Å². The molecule has 0 aliphatic heterocycles. The minimum Gasteiger partial charge on any atom is -0.281 e. The Kier molecular flexibility index (Phi) is 2.64. The molecule has 0 aliphatic rings. The third-order valence-corrected chi connectivity index (χ3v) is 6.60. The summed E-state index contributed by atoms with van der Waals surface area (Å²) < 4.78 is 13.0. The predicted octanol–water partition coefficient (Wildman–Crippen LogP) is 5.37. The van der Waals surface area contributed by atoms with Crippen molar-refractivity contribution in [3.8, 4) is 0 Å². The number of hydrogen-bond acceptors (Lipinski definition) is 1. The van der Waals surface area contributed by atoms with E-state index in [0.717, 1.165) is 4.90 Å². The molecule has 0 atom stereocenters. The summed E-state index contributed by atoms with van der Waals surface area (Å²) in [5.41, 5.74) is 0. The van der Waals surface area contributed by atoms with Gasteiger partial charge in [0.2, 0.25) is 0 Å². The van der Waals surface area contributed by atoms with E-state index in [2.05, 4.69) is 66.7 Å². The van der Waals surface area contributed by atoms with E-state index in [4.69, 9.17) is 0 Å². The molecule has 0 heterocycles. The first-order valence-electron chi connectivity index (χ1n) is 8.19. The SMILES string of the molecule is C[SH](C)(=O)c1ccc2cccc3c4cccc5cccc(c1c23)c54. The predicted molar refractivity (Wildman–Crippen MR) is 107 cm³/mol. The molecule has 0 aliphatic carbocycles. The lowest BCUT2D eigenvalue weighted by Gasteiger charge is -2.21. The molecule has 0 N–H and O–H groups in total. The summed E-state index contributed by atoms with van der Waals surface area (Å²) in [4.78, 5) is 0.990. The van der Waals surface area contributed by atoms with Crippen molar-refractivity contribution in [2.45, 2.75) is 4.90 Å². The summed E-state index contributed by atoms with van der Waals surface area (Å²) >= 11 is 0. The fourth-order valence-electron chi connectivity index (χ4n) is 4.09. The van der Waals surface area contributed by atoms with Gasteiger partial charge < -0.3 is 0 Å². The largest absolute Gasteiger partial charge is 0.281 e. The first-order chi connectivity index (χ1) is 11.6. The molecule has 0 saturated carbocycles. The van der Waals surface area contributed by atoms with Crippen LogP contribution in [0.5, 0.6) is 0 Å². The van der Waals surface area contributed by atoms with Gasteiger partial charge in [-0.1, -0.05) is 70.6 Å². The summed E-state index contributed by atoms with van der Waals surface area (Å²) in [6.07, 6.45) is 3.74. The van der Waals surface area contributed by atoms with Gasteiger partial charge in [0.15, 0.2) is 0 Å². The monoisotopic (exact) mass is 330 g/mol. The molecule has 0 bridgehead atoms. The second-order valence-corrected chi connectivity index (χ2v) is 10.1. The number of rotatable bonds is 1. The smallest absolute Gasteiger partial charge is 0.0227 e. The van der Waals surface area contributed by atoms with Gasteiger partial charge in [-0.3, -0.25) is 4.21 Å². The van der Waals surface area contributed by atoms with E-state index in [-0.39, 0.29) is 0 Å². The molecule has 24 heavy (non-hydrogen) atoms. The van der Waals surface area contributed by atoms with Crippen LogP contribution in [0.25, 0.3) is 43.1 Å². The van der Waals surface area contributed by atoms with E-state index < -0.39 is 9.93 Å². The van der Waals surface area contributed by atoms with Crippen LogP contribution in [-0.2, 0) is 9.93 Å². The molecule has 5 aromatic carbocycles. The van der Waals surface area contributed by atoms with Crippen LogP contribution in [0.1, 0.15) is 0 Å². The number of thiol groups is 1. The minimum atomic E-state index is -2.38. The van der Waals surface area contributed by atoms with Crippen molar-refractivity contribution in [2.24, 2.45) is 0 Å². The summed E-state index contributed by atoms with van der Waals surface area (Å²) in [7, 11) is -2.38. The van der Waals surface area contributed by atoms with Crippen molar-refractivity contribution < 1.29 is 4.21 Å². The van der Waals surface area contributed by atoms with Crippen molar-refractivity contribution in [3.05, 3.63) is 66.7 Å². The first kappa shape index (κ1) is 13.9. The highest BCUT2D eigenvalue weighted by Crippen LogP contribution is 2.42. The van der Waals surface area contributed by atoms with Gasteiger partial charge in [0.25, 0.3) is 0 Å². The maximum Gasteiger partial charge on any atom is 0.0227 e. The highest BCUT2D eigenvalue weighted by atomic mass is 32.2. The average Bonchev–Trinajstić information content (AvgIpc) is 2.58. The molecule has 1 nitrogen and oxygen atoms in total. The van der Waals surface area contributed by atoms with Gasteiger partial charge >= 0.3 is 0 Å². The summed E-state index contributed by atoms with van der Waals surface area (Å²) in [5, 5.41) is 9.89. The highest BCUT2D eigenvalue weighted by molar-refractivity contribution is 8.02. The second-order valence-electron chi connectivity index (χ2n) is 6.92. The second kappa shape index (κ2) is 4.55. The molecule has 2 heteroatoms. The van der Waals surface area contributed by atoms with E-state index in [1.807, 2.05) is 12.5 Å². The Morgan fingerprint density at radius 3 is 1.75 bits per heavy atom. The van der Waals surface area contributed by atoms with Gasteiger partial charge in [-0.2, -0.15) is 0 Å². The zero-order valence-corrected chi connectivity index (χ0v) is 14.6. The fourth-order valence-corrected chi connectivity index (χ4v) is 5.29. The van der Waals surface area contributed by atoms with Crippen LogP contribution >= 0.6 is 0 Å². The molecule has 118 valence electrons. The Bertz CT molecular complexity index is 1290. The zero-order valence-electron chi connectivity index (χ0n) is 13.7. The van der Waals surface area contributed by atoms with Crippen LogP contribution in [0.2, 0.25) is 0 Å². The molecule has 0 saturated heterocycles. The van der Waals surface area contributed by atoms with Crippen LogP contribution in [0.4, 0.5) is 0 Å². The summed E-state index contributed by atoms with van der Waals surface area (Å²) in [6.45, 7) is 0. The third-order valence-electron chi connectivity index (χ3n) is 5.07. The average molecular weight is 330 g/mol. The molecule has 0 aromatic heterocycles. The maximum atomic E-state index is 13.0. The Morgan fingerprint density at radius 2 is 1.12 bits per heavy atom. The van der Waals surface area contributed by atoms with Crippen molar-refractivity contribution in [2.75, 3.05) is 12.5 Å². The summed E-state index contributed by atoms with van der Waals surface area (Å²) in [6, 6.07) is 23.6. The third kappa shape index (κ3) is 1.72. The van der Waals surface area contributed by atoms with E-state index in [0.29, 0.717) is 0 Å². The Morgan fingerprint density at radius 1 is 0.583 bits per heavy atom. The van der Waals surface area contributed by atoms with Crippen LogP contribution in [0.3, 0.4) is 0 Å². The molecule has 5 aromatic rings. The standard InChI is InChI=1S/C22H18OS/c1-24(2,23)19-13-12-15-8-4-10-17-16-9-3-6-14-7-5-11-18(20(14)16)22(19)21(15)17/h3-13,24H,1-2H3. The number of fused-ring (bicyclic) bond motifs is 2. The van der Waals surface area contributed by atoms with Gasteiger partial charge in [-0.15, -0.1) is 0 Å². The van der Waals surface area contributed by atoms with Gasteiger partial charge in [-0.25, -0.2) is 0 Å². The quantitative estimate of drug-likeness (QED) is 0.248. The molecule has 0 fully saturated rings. The molecular formula is C22H18OS. The van der Waals surface area contributed by atoms with E-state index in [1.54, 1.807) is 0 Å². The topological polar surface area (TPSA) is 17.1 Å². The molecule has 0 amide bonds. The van der Waals surface area contributed by atoms with E-state index in [1.165, 1.54) is 43.1 Å². The van der Waals surface area contributed by atoms with Crippen LogP contribution < -0.4 is 0 Å². The molecule has 5 rings (SSSR count). The molecule has 0 radical (unpaired) electrons. The molecular weight excluding hydrogens is 312 g/mol. The lowest BCUT2D eigenvalue weighted by atomic mass is 9.90. The Hall–Kier alpha value is -2.45. The van der Waals surface area contributed by atoms with Crippen molar-refractivity contribution in [1.82, 2.24) is 0 Å².